The van der Waals surface area contributed by atoms with Crippen molar-refractivity contribution in [2.45, 2.75) is 102 Å². The normalized spacial score (nSPS) is 27.1. The first-order chi connectivity index (χ1) is 15.1. The molecule has 0 amide bonds. The second-order valence-corrected chi connectivity index (χ2v) is 23.0. The summed E-state index contributed by atoms with van der Waals surface area (Å²) < 4.78 is 38.7. The number of hydrogen-bond acceptors (Lipinski definition) is 6. The fourth-order valence-electron chi connectivity index (χ4n) is 4.10. The third-order valence-corrected chi connectivity index (χ3v) is 10.4. The first kappa shape index (κ1) is 27.4. The van der Waals surface area contributed by atoms with Crippen molar-refractivity contribution in [1.29, 1.82) is 0 Å². The standard InChI is InChI=1S/C24H43O6PSi2/c1-23(2)25-16-19(27-23)21(29-32(5,6)7)31(18-14-12-11-13-15-18)22(30-33(8,9)10)20-17-26-24(3,4)28-20/h11-15,19-22H,16-17H2,1-10H3/t19-,20-,21+,22+/m1/s1. The van der Waals surface area contributed by atoms with Crippen LogP contribution in [0.1, 0.15) is 27.7 Å². The number of hydrogen-bond donors (Lipinski definition) is 0. The lowest BCUT2D eigenvalue weighted by Crippen LogP contribution is -2.48. The molecule has 4 atom stereocenters. The molecule has 0 aliphatic carbocycles. The SMILES string of the molecule is CC1(C)OC[C@H]([C@@H](O[Si](C)(C)C)P(c2ccccc2)[C@H](O[Si](C)(C)C)[C@H]2COC(C)(C)O2)O1. The predicted octanol–water partition coefficient (Wildman–Crippen LogP) is 5.45. The summed E-state index contributed by atoms with van der Waals surface area (Å²) in [6.45, 7) is 22.2. The molecule has 1 aromatic rings. The molecule has 2 aliphatic heterocycles. The molecule has 188 valence electrons. The zero-order chi connectivity index (χ0) is 24.7. The molecule has 2 saturated heterocycles. The van der Waals surface area contributed by atoms with Crippen LogP contribution in [0.4, 0.5) is 0 Å². The van der Waals surface area contributed by atoms with Crippen molar-refractivity contribution in [3.05, 3.63) is 30.3 Å². The highest BCUT2D eigenvalue weighted by Gasteiger charge is 2.50. The molecule has 2 aliphatic rings. The highest BCUT2D eigenvalue weighted by Crippen LogP contribution is 2.54. The molecule has 33 heavy (non-hydrogen) atoms. The van der Waals surface area contributed by atoms with Crippen LogP contribution in [0.3, 0.4) is 0 Å². The van der Waals surface area contributed by atoms with E-state index >= 15 is 0 Å². The molecule has 0 N–H and O–H groups in total. The van der Waals surface area contributed by atoms with Crippen LogP contribution < -0.4 is 5.30 Å². The summed E-state index contributed by atoms with van der Waals surface area (Å²) in [5.41, 5.74) is 0. The molecule has 3 rings (SSSR count). The number of ether oxygens (including phenoxy) is 4. The van der Waals surface area contributed by atoms with Crippen molar-refractivity contribution in [2.75, 3.05) is 13.2 Å². The largest absolute Gasteiger partial charge is 0.408 e. The maximum Gasteiger partial charge on any atom is 0.184 e. The van der Waals surface area contributed by atoms with Gasteiger partial charge in [0.25, 0.3) is 0 Å². The van der Waals surface area contributed by atoms with Gasteiger partial charge in [-0.3, -0.25) is 0 Å². The van der Waals surface area contributed by atoms with Gasteiger partial charge in [-0.2, -0.15) is 0 Å². The van der Waals surface area contributed by atoms with E-state index < -0.39 is 36.1 Å². The summed E-state index contributed by atoms with van der Waals surface area (Å²) in [7, 11) is -4.88. The lowest BCUT2D eigenvalue weighted by atomic mass is 10.4. The van der Waals surface area contributed by atoms with Crippen LogP contribution in [-0.2, 0) is 27.8 Å². The average molecular weight is 515 g/mol. The second-order valence-electron chi connectivity index (χ2n) is 11.7. The molecule has 0 unspecified atom stereocenters. The van der Waals surface area contributed by atoms with E-state index in [9.17, 15) is 0 Å². The minimum absolute atomic E-state index is 0.176. The molecule has 0 aromatic heterocycles. The van der Waals surface area contributed by atoms with Crippen molar-refractivity contribution in [3.8, 4) is 0 Å². The van der Waals surface area contributed by atoms with Crippen molar-refractivity contribution in [1.82, 2.24) is 0 Å². The van der Waals surface area contributed by atoms with Crippen LogP contribution in [0.2, 0.25) is 39.3 Å². The summed E-state index contributed by atoms with van der Waals surface area (Å²) in [5, 5.41) is 1.22. The highest BCUT2D eigenvalue weighted by molar-refractivity contribution is 7.67. The molecular formula is C24H43O6PSi2. The zero-order valence-electron chi connectivity index (χ0n) is 22.0. The first-order valence-corrected chi connectivity index (χ1v) is 20.2. The molecule has 2 heterocycles. The summed E-state index contributed by atoms with van der Waals surface area (Å²) >= 11 is 0. The van der Waals surface area contributed by atoms with Crippen LogP contribution in [0.5, 0.6) is 0 Å². The van der Waals surface area contributed by atoms with Gasteiger partial charge in [-0.25, -0.2) is 0 Å². The Labute approximate surface area is 203 Å². The second kappa shape index (κ2) is 10.1. The number of rotatable bonds is 9. The maximum absolute atomic E-state index is 6.94. The fraction of sp³-hybridized carbons (Fsp3) is 0.750. The third-order valence-electron chi connectivity index (χ3n) is 5.25. The molecule has 9 heteroatoms. The van der Waals surface area contributed by atoms with E-state index in [1.165, 1.54) is 5.30 Å². The van der Waals surface area contributed by atoms with E-state index in [0.717, 1.165) is 0 Å². The van der Waals surface area contributed by atoms with Gasteiger partial charge in [0.1, 0.15) is 12.2 Å². The number of benzene rings is 1. The average Bonchev–Trinajstić information content (AvgIpc) is 3.20. The quantitative estimate of drug-likeness (QED) is 0.323. The van der Waals surface area contributed by atoms with E-state index in [1.54, 1.807) is 0 Å². The van der Waals surface area contributed by atoms with Gasteiger partial charge < -0.3 is 27.8 Å². The van der Waals surface area contributed by atoms with Crippen LogP contribution in [-0.4, -0.2) is 65.3 Å². The van der Waals surface area contributed by atoms with E-state index in [4.69, 9.17) is 27.8 Å². The molecular weight excluding hydrogens is 471 g/mol. The Bertz CT molecular complexity index is 731. The maximum atomic E-state index is 6.94. The van der Waals surface area contributed by atoms with E-state index in [2.05, 4.69) is 69.6 Å². The Morgan fingerprint density at radius 2 is 1.15 bits per heavy atom. The third kappa shape index (κ3) is 7.92. The smallest absolute Gasteiger partial charge is 0.184 e. The Kier molecular flexibility index (Phi) is 8.37. The lowest BCUT2D eigenvalue weighted by molar-refractivity contribution is -0.146. The molecule has 0 saturated carbocycles. The Balaban J connectivity index is 2.09. The summed E-state index contributed by atoms with van der Waals surface area (Å²) in [6, 6.07) is 10.6. The van der Waals surface area contributed by atoms with Gasteiger partial charge in [-0.15, -0.1) is 0 Å². The van der Waals surface area contributed by atoms with Gasteiger partial charge >= 0.3 is 0 Å². The van der Waals surface area contributed by atoms with E-state index in [0.29, 0.717) is 13.2 Å². The van der Waals surface area contributed by atoms with Crippen molar-refractivity contribution in [3.63, 3.8) is 0 Å². The van der Waals surface area contributed by atoms with Gasteiger partial charge in [-0.05, 0) is 80.2 Å². The fourth-order valence-corrected chi connectivity index (χ4v) is 11.1. The Morgan fingerprint density at radius 3 is 1.45 bits per heavy atom. The predicted molar refractivity (Wildman–Crippen MR) is 139 cm³/mol. The van der Waals surface area contributed by atoms with Crippen molar-refractivity contribution >= 4 is 29.9 Å². The minimum atomic E-state index is -1.94. The van der Waals surface area contributed by atoms with Crippen molar-refractivity contribution in [2.24, 2.45) is 0 Å². The minimum Gasteiger partial charge on any atom is -0.408 e. The summed E-state index contributed by atoms with van der Waals surface area (Å²) in [6.07, 6.45) is -0.359. The summed E-state index contributed by atoms with van der Waals surface area (Å²) in [5.74, 6) is -1.62. The summed E-state index contributed by atoms with van der Waals surface area (Å²) in [4.78, 5) is 0. The first-order valence-electron chi connectivity index (χ1n) is 11.9. The van der Waals surface area contributed by atoms with Gasteiger partial charge in [0.05, 0.1) is 24.9 Å². The Hall–Kier alpha value is -0.156. The van der Waals surface area contributed by atoms with Crippen LogP contribution in [0.25, 0.3) is 0 Å². The monoisotopic (exact) mass is 514 g/mol. The van der Waals surface area contributed by atoms with Crippen LogP contribution in [0, 0.1) is 0 Å². The molecule has 2 fully saturated rings. The van der Waals surface area contributed by atoms with Gasteiger partial charge in [0, 0.05) is 0 Å². The van der Waals surface area contributed by atoms with E-state index in [-0.39, 0.29) is 23.9 Å². The van der Waals surface area contributed by atoms with Crippen LogP contribution in [0.15, 0.2) is 30.3 Å². The zero-order valence-corrected chi connectivity index (χ0v) is 24.9. The molecule has 6 nitrogen and oxygen atoms in total. The molecule has 0 spiro atoms. The van der Waals surface area contributed by atoms with Gasteiger partial charge in [0.15, 0.2) is 28.2 Å². The van der Waals surface area contributed by atoms with Crippen LogP contribution >= 0.6 is 7.92 Å². The highest BCUT2D eigenvalue weighted by atomic mass is 31.1. The Morgan fingerprint density at radius 1 is 0.758 bits per heavy atom. The van der Waals surface area contributed by atoms with Crippen molar-refractivity contribution < 1.29 is 27.8 Å². The van der Waals surface area contributed by atoms with Gasteiger partial charge in [0.2, 0.25) is 0 Å². The lowest BCUT2D eigenvalue weighted by Gasteiger charge is -2.43. The molecule has 0 bridgehead atoms. The van der Waals surface area contributed by atoms with Gasteiger partial charge in [-0.1, -0.05) is 30.3 Å². The molecule has 0 radical (unpaired) electrons. The van der Waals surface area contributed by atoms with E-state index in [1.807, 2.05) is 27.7 Å². The topological polar surface area (TPSA) is 55.4 Å². The molecule has 1 aromatic carbocycles.